The molecule has 0 saturated carbocycles. The molecule has 0 aromatic heterocycles. The number of para-hydroxylation sites is 1. The summed E-state index contributed by atoms with van der Waals surface area (Å²) in [7, 11) is 0. The summed E-state index contributed by atoms with van der Waals surface area (Å²) in [5, 5.41) is 4.26. The van der Waals surface area contributed by atoms with E-state index in [4.69, 9.17) is 17.3 Å². The first-order valence-corrected chi connectivity index (χ1v) is 6.28. The van der Waals surface area contributed by atoms with Crippen LogP contribution in [0.1, 0.15) is 33.1 Å². The SMILES string of the molecule is CCCC(CC)(CN)Nc1ccccc1Cl. The van der Waals surface area contributed by atoms with Crippen molar-refractivity contribution < 1.29 is 0 Å². The fraction of sp³-hybridized carbons (Fsp3) is 0.538. The second-order valence-electron chi connectivity index (χ2n) is 4.19. The molecule has 0 radical (unpaired) electrons. The van der Waals surface area contributed by atoms with Gasteiger partial charge in [0.05, 0.1) is 10.7 Å². The van der Waals surface area contributed by atoms with Crippen LogP contribution in [0.3, 0.4) is 0 Å². The smallest absolute Gasteiger partial charge is 0.0637 e. The molecule has 0 saturated heterocycles. The monoisotopic (exact) mass is 240 g/mol. The zero-order valence-electron chi connectivity index (χ0n) is 10.1. The number of nitrogens with one attached hydrogen (secondary N) is 1. The summed E-state index contributed by atoms with van der Waals surface area (Å²) in [4.78, 5) is 0. The molecule has 0 aliphatic carbocycles. The fourth-order valence-electron chi connectivity index (χ4n) is 1.95. The first-order chi connectivity index (χ1) is 7.67. The van der Waals surface area contributed by atoms with Crippen LogP contribution in [0.25, 0.3) is 0 Å². The maximum atomic E-state index is 6.14. The molecule has 90 valence electrons. The lowest BCUT2D eigenvalue weighted by Crippen LogP contribution is -2.44. The molecular formula is C13H21ClN2. The van der Waals surface area contributed by atoms with Gasteiger partial charge in [-0.1, -0.05) is 44.0 Å². The lowest BCUT2D eigenvalue weighted by atomic mass is 9.90. The van der Waals surface area contributed by atoms with Crippen LogP contribution < -0.4 is 11.1 Å². The van der Waals surface area contributed by atoms with Gasteiger partial charge in [-0.3, -0.25) is 0 Å². The maximum absolute atomic E-state index is 6.14. The molecule has 0 aliphatic heterocycles. The Labute approximate surface area is 103 Å². The summed E-state index contributed by atoms with van der Waals surface area (Å²) < 4.78 is 0. The lowest BCUT2D eigenvalue weighted by Gasteiger charge is -2.34. The number of benzene rings is 1. The van der Waals surface area contributed by atoms with Gasteiger partial charge in [0.1, 0.15) is 0 Å². The topological polar surface area (TPSA) is 38.0 Å². The van der Waals surface area contributed by atoms with E-state index in [2.05, 4.69) is 19.2 Å². The molecule has 3 N–H and O–H groups in total. The Morgan fingerprint density at radius 2 is 2.00 bits per heavy atom. The molecule has 0 spiro atoms. The zero-order valence-corrected chi connectivity index (χ0v) is 10.8. The molecule has 0 aliphatic rings. The Hall–Kier alpha value is -0.730. The van der Waals surface area contributed by atoms with Crippen molar-refractivity contribution in [1.82, 2.24) is 0 Å². The number of hydrogen-bond acceptors (Lipinski definition) is 2. The summed E-state index contributed by atoms with van der Waals surface area (Å²) >= 11 is 6.14. The predicted octanol–water partition coefficient (Wildman–Crippen LogP) is 3.66. The molecule has 0 bridgehead atoms. The molecule has 1 aromatic rings. The van der Waals surface area contributed by atoms with E-state index in [1.807, 2.05) is 24.3 Å². The average Bonchev–Trinajstić information content (AvgIpc) is 2.31. The summed E-state index contributed by atoms with van der Waals surface area (Å²) in [5.74, 6) is 0. The second kappa shape index (κ2) is 6.12. The van der Waals surface area contributed by atoms with Crippen molar-refractivity contribution in [3.8, 4) is 0 Å². The first-order valence-electron chi connectivity index (χ1n) is 5.90. The van der Waals surface area contributed by atoms with Gasteiger partial charge in [-0.25, -0.2) is 0 Å². The molecule has 1 aromatic carbocycles. The molecule has 2 nitrogen and oxygen atoms in total. The third kappa shape index (κ3) is 3.13. The van der Waals surface area contributed by atoms with Crippen LogP contribution in [0, 0.1) is 0 Å². The average molecular weight is 241 g/mol. The molecule has 3 heteroatoms. The Morgan fingerprint density at radius 1 is 1.31 bits per heavy atom. The van der Waals surface area contributed by atoms with E-state index in [0.717, 1.165) is 30.0 Å². The van der Waals surface area contributed by atoms with Crippen LogP contribution in [0.4, 0.5) is 5.69 Å². The van der Waals surface area contributed by atoms with Gasteiger partial charge in [-0.15, -0.1) is 0 Å². The Morgan fingerprint density at radius 3 is 2.50 bits per heavy atom. The molecule has 1 atom stereocenters. The highest BCUT2D eigenvalue weighted by atomic mass is 35.5. The highest BCUT2D eigenvalue weighted by Crippen LogP contribution is 2.28. The number of rotatable bonds is 6. The largest absolute Gasteiger partial charge is 0.377 e. The predicted molar refractivity (Wildman–Crippen MR) is 72.1 cm³/mol. The summed E-state index contributed by atoms with van der Waals surface area (Å²) in [5.41, 5.74) is 6.85. The first kappa shape index (κ1) is 13.3. The van der Waals surface area contributed by atoms with E-state index in [-0.39, 0.29) is 5.54 Å². The van der Waals surface area contributed by atoms with Crippen molar-refractivity contribution in [2.45, 2.75) is 38.6 Å². The number of nitrogens with two attached hydrogens (primary N) is 1. The van der Waals surface area contributed by atoms with E-state index >= 15 is 0 Å². The minimum absolute atomic E-state index is 0.0280. The summed E-state index contributed by atoms with van der Waals surface area (Å²) in [6, 6.07) is 7.81. The van der Waals surface area contributed by atoms with Gasteiger partial charge in [-0.2, -0.15) is 0 Å². The van der Waals surface area contributed by atoms with E-state index in [1.54, 1.807) is 0 Å². The van der Waals surface area contributed by atoms with Crippen LogP contribution in [-0.2, 0) is 0 Å². The third-order valence-electron chi connectivity index (χ3n) is 3.07. The number of hydrogen-bond donors (Lipinski definition) is 2. The highest BCUT2D eigenvalue weighted by Gasteiger charge is 2.25. The van der Waals surface area contributed by atoms with Gasteiger partial charge >= 0.3 is 0 Å². The molecular weight excluding hydrogens is 220 g/mol. The van der Waals surface area contributed by atoms with Crippen LogP contribution in [-0.4, -0.2) is 12.1 Å². The molecule has 1 unspecified atom stereocenters. The van der Waals surface area contributed by atoms with Crippen molar-refractivity contribution in [3.63, 3.8) is 0 Å². The van der Waals surface area contributed by atoms with Gasteiger partial charge < -0.3 is 11.1 Å². The van der Waals surface area contributed by atoms with Gasteiger partial charge in [0.15, 0.2) is 0 Å². The van der Waals surface area contributed by atoms with E-state index in [9.17, 15) is 0 Å². The second-order valence-corrected chi connectivity index (χ2v) is 4.60. The van der Waals surface area contributed by atoms with Crippen molar-refractivity contribution in [2.24, 2.45) is 5.73 Å². The van der Waals surface area contributed by atoms with Crippen LogP contribution in [0.5, 0.6) is 0 Å². The van der Waals surface area contributed by atoms with E-state index in [1.165, 1.54) is 0 Å². The van der Waals surface area contributed by atoms with Crippen LogP contribution in [0.15, 0.2) is 24.3 Å². The Balaban J connectivity index is 2.87. The van der Waals surface area contributed by atoms with Crippen molar-refractivity contribution in [2.75, 3.05) is 11.9 Å². The van der Waals surface area contributed by atoms with Crippen LogP contribution in [0.2, 0.25) is 5.02 Å². The molecule has 0 fully saturated rings. The van der Waals surface area contributed by atoms with E-state index in [0.29, 0.717) is 6.54 Å². The maximum Gasteiger partial charge on any atom is 0.0637 e. The van der Waals surface area contributed by atoms with Crippen molar-refractivity contribution in [3.05, 3.63) is 29.3 Å². The lowest BCUT2D eigenvalue weighted by molar-refractivity contribution is 0.422. The quantitative estimate of drug-likeness (QED) is 0.797. The molecule has 1 rings (SSSR count). The minimum Gasteiger partial charge on any atom is -0.377 e. The highest BCUT2D eigenvalue weighted by molar-refractivity contribution is 6.33. The molecule has 16 heavy (non-hydrogen) atoms. The van der Waals surface area contributed by atoms with Gasteiger partial charge in [0, 0.05) is 12.1 Å². The van der Waals surface area contributed by atoms with Crippen molar-refractivity contribution >= 4 is 17.3 Å². The van der Waals surface area contributed by atoms with Gasteiger partial charge in [0.2, 0.25) is 0 Å². The minimum atomic E-state index is -0.0280. The number of halogens is 1. The van der Waals surface area contributed by atoms with E-state index < -0.39 is 0 Å². The standard InChI is InChI=1S/C13H21ClN2/c1-3-9-13(4-2,10-15)16-12-8-6-5-7-11(12)14/h5-8,16H,3-4,9-10,15H2,1-2H3. The summed E-state index contributed by atoms with van der Waals surface area (Å²) in [6.45, 7) is 4.96. The van der Waals surface area contributed by atoms with Crippen LogP contribution >= 0.6 is 11.6 Å². The van der Waals surface area contributed by atoms with Crippen molar-refractivity contribution in [1.29, 1.82) is 0 Å². The normalized spacial score (nSPS) is 14.5. The molecule has 0 amide bonds. The fourth-order valence-corrected chi connectivity index (χ4v) is 2.13. The number of anilines is 1. The Kier molecular flexibility index (Phi) is 5.10. The van der Waals surface area contributed by atoms with Gasteiger partial charge in [0.25, 0.3) is 0 Å². The zero-order chi connectivity index (χ0) is 12.0. The molecule has 0 heterocycles. The van der Waals surface area contributed by atoms with Gasteiger partial charge in [-0.05, 0) is 25.0 Å². The Bertz CT molecular complexity index is 321. The summed E-state index contributed by atoms with van der Waals surface area (Å²) in [6.07, 6.45) is 3.18. The third-order valence-corrected chi connectivity index (χ3v) is 3.40.